The van der Waals surface area contributed by atoms with E-state index < -0.39 is 6.04 Å². The highest BCUT2D eigenvalue weighted by molar-refractivity contribution is 6.00. The minimum Gasteiger partial charge on any atom is -0.513 e. The van der Waals surface area contributed by atoms with Gasteiger partial charge in [-0.2, -0.15) is 0 Å². The molecular weight excluding hydrogens is 733 g/mol. The number of fused-ring (bicyclic) bond motifs is 1. The Morgan fingerprint density at radius 1 is 0.741 bits per heavy atom. The molecule has 0 saturated carbocycles. The monoisotopic (exact) mass is 798 g/mol. The lowest BCUT2D eigenvalue weighted by atomic mass is 9.95. The van der Waals surface area contributed by atoms with Gasteiger partial charge in [-0.15, -0.1) is 0 Å². The first-order valence-corrected chi connectivity index (χ1v) is 20.9. The van der Waals surface area contributed by atoms with Gasteiger partial charge in [0.2, 0.25) is 11.8 Å². The number of unbranched alkanes of at least 4 members (excludes halogenated alkanes) is 3. The van der Waals surface area contributed by atoms with Gasteiger partial charge in [-0.3, -0.25) is 9.59 Å². The van der Waals surface area contributed by atoms with Gasteiger partial charge < -0.3 is 40.0 Å². The summed E-state index contributed by atoms with van der Waals surface area (Å²) in [5.41, 5.74) is 3.79. The van der Waals surface area contributed by atoms with Crippen LogP contribution in [-0.4, -0.2) is 81.2 Å². The molecule has 0 aliphatic rings. The molecule has 1 atom stereocenters. The number of benzene rings is 3. The van der Waals surface area contributed by atoms with E-state index in [9.17, 15) is 14.7 Å². The van der Waals surface area contributed by atoms with Crippen molar-refractivity contribution < 1.29 is 33.6 Å². The largest absolute Gasteiger partial charge is 0.513 e. The van der Waals surface area contributed by atoms with Crippen LogP contribution < -0.4 is 20.7 Å². The van der Waals surface area contributed by atoms with Gasteiger partial charge in [-0.25, -0.2) is 4.98 Å². The van der Waals surface area contributed by atoms with Crippen molar-refractivity contribution in [1.82, 2.24) is 15.6 Å². The summed E-state index contributed by atoms with van der Waals surface area (Å²) in [6.45, 7) is 16.6. The quantitative estimate of drug-likeness (QED) is 0.0327. The fourth-order valence-corrected chi connectivity index (χ4v) is 6.18. The van der Waals surface area contributed by atoms with Crippen LogP contribution in [0, 0.1) is 6.92 Å². The topological polar surface area (TPSA) is 140 Å². The van der Waals surface area contributed by atoms with Gasteiger partial charge in [-0.1, -0.05) is 88.0 Å². The first-order chi connectivity index (χ1) is 28.3. The summed E-state index contributed by atoms with van der Waals surface area (Å²) in [4.78, 5) is 29.7. The molecule has 0 unspecified atom stereocenters. The molecule has 4 rings (SSSR count). The SMILES string of the molecule is C=C(O)C[C@H](NC(=O)CNC(=O)CCCCNc1cccc(C)n1)c1ccc(-c2ccc(OCCOCCOCCCCCOCCC)c3ccccc23)cc1.CC. The van der Waals surface area contributed by atoms with Gasteiger partial charge in [0.15, 0.2) is 0 Å². The van der Waals surface area contributed by atoms with E-state index in [0.717, 1.165) is 96.6 Å². The number of aliphatic hydroxyl groups is 1. The van der Waals surface area contributed by atoms with Crippen molar-refractivity contribution in [3.05, 3.63) is 102 Å². The number of carbonyl (C=O) groups excluding carboxylic acids is 2. The molecule has 0 saturated heterocycles. The van der Waals surface area contributed by atoms with E-state index in [0.29, 0.717) is 45.8 Å². The van der Waals surface area contributed by atoms with Gasteiger partial charge in [0.1, 0.15) is 18.2 Å². The Bertz CT molecular complexity index is 1780. The van der Waals surface area contributed by atoms with Gasteiger partial charge in [0, 0.05) is 50.3 Å². The van der Waals surface area contributed by atoms with Gasteiger partial charge >= 0.3 is 0 Å². The van der Waals surface area contributed by atoms with Gasteiger partial charge in [-0.05, 0) is 85.7 Å². The second-order valence-corrected chi connectivity index (χ2v) is 13.7. The number of hydrogen-bond acceptors (Lipinski definition) is 9. The van der Waals surface area contributed by atoms with Crippen LogP contribution in [0.15, 0.2) is 91.2 Å². The lowest BCUT2D eigenvalue weighted by Crippen LogP contribution is -2.38. The molecule has 2 amide bonds. The Morgan fingerprint density at radius 2 is 1.43 bits per heavy atom. The predicted octanol–water partition coefficient (Wildman–Crippen LogP) is 9.26. The number of carbonyl (C=O) groups is 2. The highest BCUT2D eigenvalue weighted by atomic mass is 16.5. The zero-order valence-corrected chi connectivity index (χ0v) is 35.2. The molecule has 0 bridgehead atoms. The number of pyridine rings is 1. The maximum Gasteiger partial charge on any atom is 0.239 e. The van der Waals surface area contributed by atoms with Crippen LogP contribution in [0.2, 0.25) is 0 Å². The highest BCUT2D eigenvalue weighted by Gasteiger charge is 2.17. The van der Waals surface area contributed by atoms with Crippen LogP contribution in [0.1, 0.15) is 89.4 Å². The zero-order chi connectivity index (χ0) is 41.8. The third kappa shape index (κ3) is 18.1. The maximum atomic E-state index is 12.9. The maximum absolute atomic E-state index is 12.9. The van der Waals surface area contributed by atoms with Crippen molar-refractivity contribution in [2.24, 2.45) is 0 Å². The smallest absolute Gasteiger partial charge is 0.239 e. The van der Waals surface area contributed by atoms with E-state index in [1.165, 1.54) is 0 Å². The van der Waals surface area contributed by atoms with Crippen molar-refractivity contribution in [3.63, 3.8) is 0 Å². The number of nitrogens with one attached hydrogen (secondary N) is 3. The van der Waals surface area contributed by atoms with Crippen LogP contribution in [-0.2, 0) is 23.8 Å². The number of aryl methyl sites for hydroxylation is 1. The highest BCUT2D eigenvalue weighted by Crippen LogP contribution is 2.35. The number of nitrogens with zero attached hydrogens (tertiary/aromatic N) is 1. The van der Waals surface area contributed by atoms with Crippen molar-refractivity contribution in [3.8, 4) is 16.9 Å². The molecule has 1 heterocycles. The molecule has 11 heteroatoms. The molecule has 4 aromatic rings. The fraction of sp³-hybridized carbons (Fsp3) is 0.468. The average molecular weight is 799 g/mol. The molecule has 0 spiro atoms. The number of aromatic nitrogens is 1. The summed E-state index contributed by atoms with van der Waals surface area (Å²) in [6.07, 6.45) is 6.20. The lowest BCUT2D eigenvalue weighted by Gasteiger charge is -2.20. The lowest BCUT2D eigenvalue weighted by molar-refractivity contribution is -0.126. The van der Waals surface area contributed by atoms with E-state index in [2.05, 4.69) is 40.5 Å². The molecule has 0 radical (unpaired) electrons. The summed E-state index contributed by atoms with van der Waals surface area (Å²) in [6, 6.07) is 25.3. The Morgan fingerprint density at radius 3 is 2.14 bits per heavy atom. The predicted molar refractivity (Wildman–Crippen MR) is 234 cm³/mol. The molecule has 4 N–H and O–H groups in total. The van der Waals surface area contributed by atoms with Crippen LogP contribution in [0.25, 0.3) is 21.9 Å². The first-order valence-electron chi connectivity index (χ1n) is 20.9. The third-order valence-electron chi connectivity index (χ3n) is 9.04. The van der Waals surface area contributed by atoms with Gasteiger partial charge in [0.25, 0.3) is 0 Å². The third-order valence-corrected chi connectivity index (χ3v) is 9.04. The Labute approximate surface area is 345 Å². The van der Waals surface area contributed by atoms with Gasteiger partial charge in [0.05, 0.1) is 38.2 Å². The van der Waals surface area contributed by atoms with Crippen LogP contribution >= 0.6 is 0 Å². The molecule has 0 fully saturated rings. The summed E-state index contributed by atoms with van der Waals surface area (Å²) < 4.78 is 23.1. The standard InChI is InChI=1S/C45H60N4O7.C2H6/c1-4-25-53-26-10-5-11-27-54-28-29-55-30-31-56-42-23-22-38(39-14-6-7-15-40(39)42)36-18-20-37(21-19-36)41(32-35(3)50)49-45(52)33-47-44(51)17-8-9-24-46-43-16-12-13-34(2)48-43;1-2/h6-7,12-16,18-23,41,50H,3-5,8-11,17,24-33H2,1-2H3,(H,46,48)(H,47,51)(H,49,52);1-2H3/t41-;/m0./s1. The number of aliphatic hydroxyl groups excluding tert-OH is 1. The molecule has 11 nitrogen and oxygen atoms in total. The number of amides is 2. The Balaban J connectivity index is 0.00000443. The number of anilines is 1. The van der Waals surface area contributed by atoms with E-state index >= 15 is 0 Å². The summed E-state index contributed by atoms with van der Waals surface area (Å²) in [7, 11) is 0. The number of hydrogen-bond donors (Lipinski definition) is 4. The second kappa shape index (κ2) is 28.4. The normalized spacial score (nSPS) is 11.3. The van der Waals surface area contributed by atoms with E-state index in [4.69, 9.17) is 18.9 Å². The second-order valence-electron chi connectivity index (χ2n) is 13.7. The van der Waals surface area contributed by atoms with Crippen molar-refractivity contribution in [2.45, 2.75) is 85.1 Å². The van der Waals surface area contributed by atoms with E-state index in [-0.39, 0.29) is 30.5 Å². The number of ether oxygens (including phenoxy) is 4. The molecule has 316 valence electrons. The van der Waals surface area contributed by atoms with Crippen molar-refractivity contribution in [2.75, 3.05) is 64.7 Å². The van der Waals surface area contributed by atoms with E-state index in [1.54, 1.807) is 0 Å². The summed E-state index contributed by atoms with van der Waals surface area (Å²) in [5, 5.41) is 21.0. The van der Waals surface area contributed by atoms with E-state index in [1.807, 2.05) is 93.6 Å². The molecule has 3 aromatic carbocycles. The molecule has 0 aliphatic heterocycles. The van der Waals surface area contributed by atoms with Crippen molar-refractivity contribution >= 4 is 28.4 Å². The molecule has 1 aromatic heterocycles. The van der Waals surface area contributed by atoms with Crippen molar-refractivity contribution in [1.29, 1.82) is 0 Å². The van der Waals surface area contributed by atoms with Crippen LogP contribution in [0.4, 0.5) is 5.82 Å². The van der Waals surface area contributed by atoms with Crippen LogP contribution in [0.3, 0.4) is 0 Å². The zero-order valence-electron chi connectivity index (χ0n) is 35.2. The minimum atomic E-state index is -0.519. The van der Waals surface area contributed by atoms with Crippen LogP contribution in [0.5, 0.6) is 5.75 Å². The fourth-order valence-electron chi connectivity index (χ4n) is 6.18. The summed E-state index contributed by atoms with van der Waals surface area (Å²) in [5.74, 6) is 1.01. The number of rotatable bonds is 28. The minimum absolute atomic E-state index is 0.0479. The molecule has 58 heavy (non-hydrogen) atoms. The molecule has 0 aliphatic carbocycles. The first kappa shape index (κ1) is 47.4. The Kier molecular flexibility index (Phi) is 23.2. The average Bonchev–Trinajstić information content (AvgIpc) is 3.23. The summed E-state index contributed by atoms with van der Waals surface area (Å²) >= 11 is 0. The molecular formula is C47H66N4O7. The Hall–Kier alpha value is -4.97.